The fraction of sp³-hybridized carbons (Fsp3) is 0.182. The van der Waals surface area contributed by atoms with Crippen LogP contribution in [0.15, 0.2) is 71.8 Å². The quantitative estimate of drug-likeness (QED) is 0.725. The zero-order chi connectivity index (χ0) is 17.8. The van der Waals surface area contributed by atoms with Crippen LogP contribution in [0.3, 0.4) is 0 Å². The van der Waals surface area contributed by atoms with Gasteiger partial charge in [-0.15, -0.1) is 0 Å². The third-order valence-electron chi connectivity index (χ3n) is 4.59. The average Bonchev–Trinajstić information content (AvgIpc) is 2.70. The molecule has 0 radical (unpaired) electrons. The number of fused-ring (bicyclic) bond motifs is 2. The maximum Gasteiger partial charge on any atom is 0.277 e. The summed E-state index contributed by atoms with van der Waals surface area (Å²) >= 11 is 0. The highest BCUT2D eigenvalue weighted by Gasteiger charge is 2.15. The van der Waals surface area contributed by atoms with E-state index in [2.05, 4.69) is 22.7 Å². The van der Waals surface area contributed by atoms with Gasteiger partial charge in [0, 0.05) is 5.56 Å². The van der Waals surface area contributed by atoms with Gasteiger partial charge in [-0.1, -0.05) is 54.6 Å². The lowest BCUT2D eigenvalue weighted by molar-refractivity contribution is -0.123. The standard InChI is InChI=1S/C22H20N2O2/c25-22(15-26-19-13-12-16-6-1-2-8-18(16)14-19)24-23-21-11-5-9-17-7-3-4-10-20(17)21/h1-4,6-8,10,12-14H,5,9,11,15H2,(H,24,25)/b23-21-. The van der Waals surface area contributed by atoms with Crippen molar-refractivity contribution in [3.8, 4) is 5.75 Å². The highest BCUT2D eigenvalue weighted by Crippen LogP contribution is 2.22. The van der Waals surface area contributed by atoms with Crippen molar-refractivity contribution in [3.63, 3.8) is 0 Å². The molecule has 0 fully saturated rings. The maximum atomic E-state index is 12.1. The number of amides is 1. The van der Waals surface area contributed by atoms with Crippen LogP contribution in [0.25, 0.3) is 10.8 Å². The molecule has 0 aromatic heterocycles. The molecule has 0 bridgehead atoms. The SMILES string of the molecule is O=C(COc1ccc2ccccc2c1)N/N=C1/CCCc2ccccc21. The molecule has 0 atom stereocenters. The highest BCUT2D eigenvalue weighted by molar-refractivity contribution is 6.03. The number of ether oxygens (including phenoxy) is 1. The van der Waals surface area contributed by atoms with Gasteiger partial charge in [0.25, 0.3) is 5.91 Å². The molecule has 26 heavy (non-hydrogen) atoms. The van der Waals surface area contributed by atoms with E-state index in [1.165, 1.54) is 5.56 Å². The summed E-state index contributed by atoms with van der Waals surface area (Å²) in [6.45, 7) is -0.0588. The molecule has 0 aliphatic heterocycles. The van der Waals surface area contributed by atoms with Crippen molar-refractivity contribution in [2.75, 3.05) is 6.61 Å². The summed E-state index contributed by atoms with van der Waals surface area (Å²) < 4.78 is 5.60. The number of carbonyl (C=O) groups excluding carboxylic acids is 1. The molecule has 0 saturated carbocycles. The van der Waals surface area contributed by atoms with Crippen LogP contribution in [0.4, 0.5) is 0 Å². The third kappa shape index (κ3) is 3.59. The smallest absolute Gasteiger partial charge is 0.277 e. The number of hydrogen-bond acceptors (Lipinski definition) is 3. The van der Waals surface area contributed by atoms with Gasteiger partial charge in [0.05, 0.1) is 5.71 Å². The normalized spacial score (nSPS) is 14.8. The second-order valence-corrected chi connectivity index (χ2v) is 6.40. The van der Waals surface area contributed by atoms with Crippen molar-refractivity contribution in [2.24, 2.45) is 5.10 Å². The van der Waals surface area contributed by atoms with E-state index in [-0.39, 0.29) is 12.5 Å². The molecule has 1 N–H and O–H groups in total. The van der Waals surface area contributed by atoms with E-state index in [1.54, 1.807) is 0 Å². The minimum atomic E-state index is -0.256. The first-order valence-corrected chi connectivity index (χ1v) is 8.85. The fourth-order valence-electron chi connectivity index (χ4n) is 3.29. The molecule has 1 amide bonds. The number of hydrazone groups is 1. The zero-order valence-electron chi connectivity index (χ0n) is 14.4. The largest absolute Gasteiger partial charge is 0.484 e. The number of aryl methyl sites for hydroxylation is 1. The van der Waals surface area contributed by atoms with Gasteiger partial charge in [0.15, 0.2) is 6.61 Å². The van der Waals surface area contributed by atoms with Crippen LogP contribution in [0.1, 0.15) is 24.0 Å². The molecule has 0 saturated heterocycles. The monoisotopic (exact) mass is 344 g/mol. The van der Waals surface area contributed by atoms with Crippen molar-refractivity contribution < 1.29 is 9.53 Å². The lowest BCUT2D eigenvalue weighted by Crippen LogP contribution is -2.26. The number of benzene rings is 3. The van der Waals surface area contributed by atoms with E-state index < -0.39 is 0 Å². The van der Waals surface area contributed by atoms with Crippen molar-refractivity contribution in [1.29, 1.82) is 0 Å². The Hall–Kier alpha value is -3.14. The molecule has 4 nitrogen and oxygen atoms in total. The van der Waals surface area contributed by atoms with E-state index >= 15 is 0 Å². The van der Waals surface area contributed by atoms with Gasteiger partial charge < -0.3 is 4.74 Å². The Morgan fingerprint density at radius 2 is 1.77 bits per heavy atom. The lowest BCUT2D eigenvalue weighted by Gasteiger charge is -2.17. The van der Waals surface area contributed by atoms with Crippen LogP contribution < -0.4 is 10.2 Å². The van der Waals surface area contributed by atoms with Crippen molar-refractivity contribution >= 4 is 22.4 Å². The Morgan fingerprint density at radius 3 is 2.69 bits per heavy atom. The maximum absolute atomic E-state index is 12.1. The fourth-order valence-corrected chi connectivity index (χ4v) is 3.29. The van der Waals surface area contributed by atoms with E-state index in [4.69, 9.17) is 4.74 Å². The first-order valence-electron chi connectivity index (χ1n) is 8.85. The molecule has 130 valence electrons. The van der Waals surface area contributed by atoms with Crippen LogP contribution in [0.5, 0.6) is 5.75 Å². The summed E-state index contributed by atoms with van der Waals surface area (Å²) in [6, 6.07) is 22.1. The molecular weight excluding hydrogens is 324 g/mol. The van der Waals surface area contributed by atoms with Gasteiger partial charge in [-0.2, -0.15) is 5.10 Å². The zero-order valence-corrected chi connectivity index (χ0v) is 14.4. The van der Waals surface area contributed by atoms with Crippen LogP contribution in [0, 0.1) is 0 Å². The predicted octanol–water partition coefficient (Wildman–Crippen LogP) is 4.08. The van der Waals surface area contributed by atoms with Gasteiger partial charge >= 0.3 is 0 Å². The summed E-state index contributed by atoms with van der Waals surface area (Å²) in [7, 11) is 0. The Morgan fingerprint density at radius 1 is 0.962 bits per heavy atom. The second-order valence-electron chi connectivity index (χ2n) is 6.40. The van der Waals surface area contributed by atoms with Gasteiger partial charge in [0.1, 0.15) is 5.75 Å². The molecule has 1 aliphatic carbocycles. The summed E-state index contributed by atoms with van der Waals surface area (Å²) in [5.74, 6) is 0.420. The topological polar surface area (TPSA) is 50.7 Å². The Kier molecular flexibility index (Phi) is 4.65. The third-order valence-corrected chi connectivity index (χ3v) is 4.59. The van der Waals surface area contributed by atoms with Crippen LogP contribution in [-0.4, -0.2) is 18.2 Å². The molecule has 0 spiro atoms. The highest BCUT2D eigenvalue weighted by atomic mass is 16.5. The number of rotatable bonds is 4. The first-order chi connectivity index (χ1) is 12.8. The van der Waals surface area contributed by atoms with Gasteiger partial charge in [-0.05, 0) is 47.7 Å². The molecule has 4 heteroatoms. The summed E-state index contributed by atoms with van der Waals surface area (Å²) in [6.07, 6.45) is 3.00. The predicted molar refractivity (Wildman–Crippen MR) is 104 cm³/mol. The second kappa shape index (κ2) is 7.40. The molecule has 3 aromatic carbocycles. The lowest BCUT2D eigenvalue weighted by atomic mass is 9.90. The van der Waals surface area contributed by atoms with Gasteiger partial charge in [-0.3, -0.25) is 4.79 Å². The van der Waals surface area contributed by atoms with Crippen LogP contribution in [-0.2, 0) is 11.2 Å². The molecule has 3 aromatic rings. The summed E-state index contributed by atoms with van der Waals surface area (Å²) in [4.78, 5) is 12.1. The van der Waals surface area contributed by atoms with E-state index in [0.29, 0.717) is 5.75 Å². The first kappa shape index (κ1) is 16.3. The summed E-state index contributed by atoms with van der Waals surface area (Å²) in [5.41, 5.74) is 5.99. The average molecular weight is 344 g/mol. The van der Waals surface area contributed by atoms with Gasteiger partial charge in [0.2, 0.25) is 0 Å². The molecule has 0 unspecified atom stereocenters. The van der Waals surface area contributed by atoms with Crippen LogP contribution >= 0.6 is 0 Å². The van der Waals surface area contributed by atoms with Crippen molar-refractivity contribution in [2.45, 2.75) is 19.3 Å². The number of nitrogens with one attached hydrogen (secondary N) is 1. The Labute approximate surface area is 152 Å². The van der Waals surface area contributed by atoms with Crippen molar-refractivity contribution in [1.82, 2.24) is 5.43 Å². The molecule has 1 aliphatic rings. The summed E-state index contributed by atoms with van der Waals surface area (Å²) in [5, 5.41) is 6.56. The number of hydrogen-bond donors (Lipinski definition) is 1. The van der Waals surface area contributed by atoms with E-state index in [1.807, 2.05) is 54.6 Å². The van der Waals surface area contributed by atoms with E-state index in [0.717, 1.165) is 41.3 Å². The minimum Gasteiger partial charge on any atom is -0.484 e. The van der Waals surface area contributed by atoms with E-state index in [9.17, 15) is 4.79 Å². The molecular formula is C22H20N2O2. The number of nitrogens with zero attached hydrogens (tertiary/aromatic N) is 1. The Bertz CT molecular complexity index is 979. The van der Waals surface area contributed by atoms with Crippen LogP contribution in [0.2, 0.25) is 0 Å². The van der Waals surface area contributed by atoms with Gasteiger partial charge in [-0.25, -0.2) is 5.43 Å². The van der Waals surface area contributed by atoms with Crippen molar-refractivity contribution in [3.05, 3.63) is 77.9 Å². The number of carbonyl (C=O) groups is 1. The molecule has 0 heterocycles. The molecule has 4 rings (SSSR count). The Balaban J connectivity index is 1.38. The minimum absolute atomic E-state index is 0.0588.